The van der Waals surface area contributed by atoms with Gasteiger partial charge in [0, 0.05) is 0 Å². The summed E-state index contributed by atoms with van der Waals surface area (Å²) in [7, 11) is 1.31. The summed E-state index contributed by atoms with van der Waals surface area (Å²) in [6.45, 7) is 0. The maximum absolute atomic E-state index is 13.3. The summed E-state index contributed by atoms with van der Waals surface area (Å²) in [6, 6.07) is 2.45. The van der Waals surface area contributed by atoms with Crippen LogP contribution in [0, 0.1) is 5.82 Å². The Morgan fingerprint density at radius 3 is 2.59 bits per heavy atom. The number of rotatable bonds is 5. The van der Waals surface area contributed by atoms with Crippen LogP contribution in [0.25, 0.3) is 0 Å². The molecule has 7 heteroatoms. The molecule has 0 saturated heterocycles. The number of hydrogen-bond donors (Lipinski definition) is 2. The summed E-state index contributed by atoms with van der Waals surface area (Å²) >= 11 is 4.85. The maximum atomic E-state index is 13.3. The van der Waals surface area contributed by atoms with E-state index >= 15 is 0 Å². The van der Waals surface area contributed by atoms with E-state index in [2.05, 4.69) is 0 Å². The molecule has 3 N–H and O–H groups in total. The molecule has 1 aromatic rings. The minimum Gasteiger partial charge on any atom is -0.494 e. The molecule has 0 fully saturated rings. The largest absolute Gasteiger partial charge is 0.494 e. The van der Waals surface area contributed by atoms with Crippen LogP contribution in [0.1, 0.15) is 5.56 Å². The molecule has 0 aliphatic heterocycles. The summed E-state index contributed by atoms with van der Waals surface area (Å²) < 4.78 is 43.7. The zero-order chi connectivity index (χ0) is 13.1. The molecule has 1 aromatic carbocycles. The quantitative estimate of drug-likeness (QED) is 0.488. The zero-order valence-corrected chi connectivity index (χ0v) is 9.77. The molecule has 3 nitrogen and oxygen atoms in total. The predicted octanol–water partition coefficient (Wildman–Crippen LogP) is 2.04. The van der Waals surface area contributed by atoms with Gasteiger partial charge in [-0.05, 0) is 35.7 Å². The molecule has 0 saturated carbocycles. The lowest BCUT2D eigenvalue weighted by Gasteiger charge is -2.20. The van der Waals surface area contributed by atoms with Gasteiger partial charge in [0.2, 0.25) is 0 Å². The highest BCUT2D eigenvalue weighted by atomic mass is 35.5. The van der Waals surface area contributed by atoms with Gasteiger partial charge in [-0.15, -0.1) is 0 Å². The summed E-state index contributed by atoms with van der Waals surface area (Å²) in [6.07, 6.45) is -0.200. The number of methoxy groups -OCH3 is 1. The molecule has 1 atom stereocenters. The van der Waals surface area contributed by atoms with Gasteiger partial charge in [-0.3, -0.25) is 5.84 Å². The maximum Gasteiger partial charge on any atom is 0.338 e. The molecule has 0 aliphatic rings. The topological polar surface area (TPSA) is 47.3 Å². The van der Waals surface area contributed by atoms with Crippen molar-refractivity contribution in [3.05, 3.63) is 29.6 Å². The summed E-state index contributed by atoms with van der Waals surface area (Å²) in [4.78, 5) is 0. The monoisotopic (exact) mass is 268 g/mol. The molecular weight excluding hydrogens is 257 g/mol. The van der Waals surface area contributed by atoms with Crippen molar-refractivity contribution in [1.29, 1.82) is 0 Å². The van der Waals surface area contributed by atoms with Crippen LogP contribution >= 0.6 is 11.6 Å². The van der Waals surface area contributed by atoms with Gasteiger partial charge in [0.05, 0.1) is 7.11 Å². The number of benzene rings is 1. The minimum absolute atomic E-state index is 0.0450. The van der Waals surface area contributed by atoms with Crippen molar-refractivity contribution in [2.45, 2.75) is 17.8 Å². The van der Waals surface area contributed by atoms with Crippen molar-refractivity contribution in [3.63, 3.8) is 0 Å². The van der Waals surface area contributed by atoms with E-state index in [-0.39, 0.29) is 12.2 Å². The summed E-state index contributed by atoms with van der Waals surface area (Å²) in [5.41, 5.74) is 2.24. The molecule has 96 valence electrons. The second kappa shape index (κ2) is 5.57. The molecule has 17 heavy (non-hydrogen) atoms. The molecule has 0 heterocycles. The van der Waals surface area contributed by atoms with E-state index in [4.69, 9.17) is 22.2 Å². The highest BCUT2D eigenvalue weighted by Crippen LogP contribution is 2.27. The molecule has 0 aliphatic carbocycles. The number of alkyl halides is 3. The van der Waals surface area contributed by atoms with Crippen LogP contribution in [0.2, 0.25) is 0 Å². The molecule has 0 amide bonds. The van der Waals surface area contributed by atoms with E-state index in [1.165, 1.54) is 19.2 Å². The second-order valence-corrected chi connectivity index (χ2v) is 3.94. The number of nitrogens with two attached hydrogens (primary N) is 1. The van der Waals surface area contributed by atoms with E-state index in [9.17, 15) is 13.2 Å². The van der Waals surface area contributed by atoms with E-state index in [1.807, 2.05) is 5.43 Å². The molecule has 0 radical (unpaired) electrons. The highest BCUT2D eigenvalue weighted by molar-refractivity contribution is 6.22. The Bertz CT molecular complexity index is 384. The van der Waals surface area contributed by atoms with Gasteiger partial charge in [-0.2, -0.15) is 8.78 Å². The van der Waals surface area contributed by atoms with Gasteiger partial charge in [-0.25, -0.2) is 9.82 Å². The number of nitrogens with one attached hydrogen (secondary N) is 1. The minimum atomic E-state index is -3.51. The van der Waals surface area contributed by atoms with Crippen molar-refractivity contribution >= 4 is 11.6 Å². The van der Waals surface area contributed by atoms with Gasteiger partial charge >= 0.3 is 5.38 Å². The first-order chi connectivity index (χ1) is 7.88. The van der Waals surface area contributed by atoms with Gasteiger partial charge in [0.1, 0.15) is 6.04 Å². The van der Waals surface area contributed by atoms with Gasteiger partial charge < -0.3 is 4.74 Å². The molecule has 1 rings (SSSR count). The van der Waals surface area contributed by atoms with Crippen molar-refractivity contribution in [2.24, 2.45) is 5.84 Å². The van der Waals surface area contributed by atoms with Gasteiger partial charge in [-0.1, -0.05) is 6.07 Å². The second-order valence-electron chi connectivity index (χ2n) is 3.43. The Kier molecular flexibility index (Phi) is 4.62. The predicted molar refractivity (Wildman–Crippen MR) is 58.6 cm³/mol. The van der Waals surface area contributed by atoms with Crippen LogP contribution in [0.15, 0.2) is 18.2 Å². The first kappa shape index (κ1) is 14.1. The fourth-order valence-electron chi connectivity index (χ4n) is 1.34. The van der Waals surface area contributed by atoms with E-state index in [0.29, 0.717) is 5.56 Å². The van der Waals surface area contributed by atoms with Crippen LogP contribution in [0.4, 0.5) is 13.2 Å². The zero-order valence-electron chi connectivity index (χ0n) is 9.01. The average Bonchev–Trinajstić information content (AvgIpc) is 2.24. The standard InChI is InChI=1S/C10H12ClF3N2O/c1-17-8-3-2-6(4-7(8)12)5-9(16-15)10(11,13)14/h2-4,9,16H,5,15H2,1H3. The Labute approximate surface area is 102 Å². The lowest BCUT2D eigenvalue weighted by Crippen LogP contribution is -2.46. The first-order valence-corrected chi connectivity index (χ1v) is 5.11. The third-order valence-corrected chi connectivity index (χ3v) is 2.52. The molecule has 1 unspecified atom stereocenters. The van der Waals surface area contributed by atoms with Crippen LogP contribution in [0.5, 0.6) is 5.75 Å². The fraction of sp³-hybridized carbons (Fsp3) is 0.400. The molecular formula is C10H12ClF3N2O. The first-order valence-electron chi connectivity index (χ1n) is 4.73. The number of hydrogen-bond acceptors (Lipinski definition) is 3. The van der Waals surface area contributed by atoms with Crippen LogP contribution < -0.4 is 16.0 Å². The van der Waals surface area contributed by atoms with Gasteiger partial charge in [0.25, 0.3) is 0 Å². The van der Waals surface area contributed by atoms with Crippen molar-refractivity contribution < 1.29 is 17.9 Å². The van der Waals surface area contributed by atoms with Crippen LogP contribution in [-0.2, 0) is 6.42 Å². The average molecular weight is 269 g/mol. The van der Waals surface area contributed by atoms with Crippen molar-refractivity contribution in [3.8, 4) is 5.75 Å². The number of halogens is 4. The Morgan fingerprint density at radius 1 is 1.53 bits per heavy atom. The third kappa shape index (κ3) is 3.76. The van der Waals surface area contributed by atoms with Crippen molar-refractivity contribution in [2.75, 3.05) is 7.11 Å². The van der Waals surface area contributed by atoms with Crippen LogP contribution in [0.3, 0.4) is 0 Å². The van der Waals surface area contributed by atoms with Crippen molar-refractivity contribution in [1.82, 2.24) is 5.43 Å². The van der Waals surface area contributed by atoms with Crippen LogP contribution in [-0.4, -0.2) is 18.5 Å². The number of hydrazine groups is 1. The molecule has 0 bridgehead atoms. The van der Waals surface area contributed by atoms with E-state index in [1.54, 1.807) is 0 Å². The van der Waals surface area contributed by atoms with E-state index in [0.717, 1.165) is 6.07 Å². The Hall–Kier alpha value is -0.980. The van der Waals surface area contributed by atoms with E-state index < -0.39 is 17.2 Å². The highest BCUT2D eigenvalue weighted by Gasteiger charge is 2.36. The van der Waals surface area contributed by atoms with Gasteiger partial charge in [0.15, 0.2) is 11.6 Å². The molecule has 0 aromatic heterocycles. The summed E-state index contributed by atoms with van der Waals surface area (Å²) in [5.74, 6) is 4.39. The summed E-state index contributed by atoms with van der Waals surface area (Å²) in [5, 5.41) is -3.51. The third-order valence-electron chi connectivity index (χ3n) is 2.25. The smallest absolute Gasteiger partial charge is 0.338 e. The fourth-order valence-corrected chi connectivity index (χ4v) is 1.48. The molecule has 0 spiro atoms. The Balaban J connectivity index is 2.84. The lowest BCUT2D eigenvalue weighted by atomic mass is 10.1. The SMILES string of the molecule is COc1ccc(CC(NN)C(F)(F)Cl)cc1F. The normalized spacial score (nSPS) is 13.5. The number of ether oxygens (including phenoxy) is 1. The lowest BCUT2D eigenvalue weighted by molar-refractivity contribution is 0.0502. The Morgan fingerprint density at radius 2 is 2.18 bits per heavy atom.